The molecule has 0 saturated carbocycles. The van der Waals surface area contributed by atoms with E-state index < -0.39 is 0 Å². The number of nitrogens with zero attached hydrogens (tertiary/aromatic N) is 2. The van der Waals surface area contributed by atoms with Gasteiger partial charge in [-0.15, -0.1) is 0 Å². The fourth-order valence-corrected chi connectivity index (χ4v) is 4.51. The van der Waals surface area contributed by atoms with Crippen LogP contribution in [0.1, 0.15) is 57.4 Å². The first-order valence-corrected chi connectivity index (χ1v) is 11.6. The van der Waals surface area contributed by atoms with Crippen LogP contribution in [-0.4, -0.2) is 28.6 Å². The van der Waals surface area contributed by atoms with Gasteiger partial charge in [-0.25, -0.2) is 4.79 Å². The third kappa shape index (κ3) is 5.98. The summed E-state index contributed by atoms with van der Waals surface area (Å²) in [7, 11) is 0. The molecule has 1 N–H and O–H groups in total. The summed E-state index contributed by atoms with van der Waals surface area (Å²) in [5, 5.41) is 3.80. The first kappa shape index (κ1) is 24.4. The van der Waals surface area contributed by atoms with Crippen molar-refractivity contribution in [3.8, 4) is 0 Å². The Balaban J connectivity index is 1.81. The maximum atomic E-state index is 12.8. The largest absolute Gasteiger partial charge is 0.445 e. The van der Waals surface area contributed by atoms with Gasteiger partial charge in [0.25, 0.3) is 0 Å². The molecule has 1 aromatic carbocycles. The van der Waals surface area contributed by atoms with E-state index in [0.29, 0.717) is 19.7 Å². The molecule has 0 spiro atoms. The van der Waals surface area contributed by atoms with E-state index in [1.165, 1.54) is 17.0 Å². The lowest BCUT2D eigenvalue weighted by molar-refractivity contribution is 0.0726. The topological polar surface area (TPSA) is 46.5 Å². The van der Waals surface area contributed by atoms with Crippen molar-refractivity contribution in [1.82, 2.24) is 14.8 Å². The van der Waals surface area contributed by atoms with Crippen molar-refractivity contribution in [3.63, 3.8) is 0 Å². The van der Waals surface area contributed by atoms with Crippen LogP contribution in [0.15, 0.2) is 72.6 Å². The maximum Gasteiger partial charge on any atom is 0.410 e. The molecule has 0 bridgehead atoms. The van der Waals surface area contributed by atoms with Crippen LogP contribution in [0.5, 0.6) is 0 Å². The zero-order valence-electron chi connectivity index (χ0n) is 20.6. The van der Waals surface area contributed by atoms with E-state index in [1.807, 2.05) is 42.2 Å². The summed E-state index contributed by atoms with van der Waals surface area (Å²) in [5.41, 5.74) is 6.42. The highest BCUT2D eigenvalue weighted by atomic mass is 16.6. The normalized spacial score (nSPS) is 16.5. The zero-order chi connectivity index (χ0) is 24.0. The van der Waals surface area contributed by atoms with Gasteiger partial charge in [0.2, 0.25) is 0 Å². The second kappa shape index (κ2) is 10.6. The standard InChI is InChI=1S/C28H37N3O2/c1-7-24(6)31-19-22(4)18-26(31)28(29-23(5)17-21(2)3)13-15-30(16-14-28)27(32)33-20-25-11-9-8-10-12-25/h7-12,17-19,29H,2,13-16,20H2,1,3-6H3/b23-17+,24-7+. The quantitative estimate of drug-likeness (QED) is 0.501. The molecule has 1 aliphatic rings. The molecule has 1 saturated heterocycles. The molecular weight excluding hydrogens is 410 g/mol. The molecule has 5 heteroatoms. The van der Waals surface area contributed by atoms with E-state index in [-0.39, 0.29) is 11.6 Å². The summed E-state index contributed by atoms with van der Waals surface area (Å²) >= 11 is 0. The number of amides is 1. The van der Waals surface area contributed by atoms with Gasteiger partial charge in [-0.3, -0.25) is 0 Å². The van der Waals surface area contributed by atoms with Crippen LogP contribution in [0, 0.1) is 6.92 Å². The number of nitrogens with one attached hydrogen (secondary N) is 1. The smallest absolute Gasteiger partial charge is 0.410 e. The van der Waals surface area contributed by atoms with Crippen LogP contribution in [0.4, 0.5) is 4.79 Å². The summed E-state index contributed by atoms with van der Waals surface area (Å²) in [6.45, 7) is 16.0. The summed E-state index contributed by atoms with van der Waals surface area (Å²) in [6.07, 6.45) is 7.71. The van der Waals surface area contributed by atoms with Crippen LogP contribution in [0.3, 0.4) is 0 Å². The van der Waals surface area contributed by atoms with Gasteiger partial charge < -0.3 is 19.5 Å². The van der Waals surface area contributed by atoms with Crippen LogP contribution in [0.25, 0.3) is 5.70 Å². The van der Waals surface area contributed by atoms with Crippen molar-refractivity contribution in [2.24, 2.45) is 0 Å². The molecule has 2 aromatic rings. The first-order valence-electron chi connectivity index (χ1n) is 11.6. The molecular formula is C28H37N3O2. The lowest BCUT2D eigenvalue weighted by atomic mass is 9.83. The number of piperidine rings is 1. The number of carbonyl (C=O) groups is 1. The molecule has 5 nitrogen and oxygen atoms in total. The fraction of sp³-hybridized carbons (Fsp3) is 0.393. The van der Waals surface area contributed by atoms with Gasteiger partial charge in [-0.1, -0.05) is 48.6 Å². The third-order valence-electron chi connectivity index (χ3n) is 6.22. The Hall–Kier alpha value is -3.21. The highest BCUT2D eigenvalue weighted by Crippen LogP contribution is 2.36. The second-order valence-electron chi connectivity index (χ2n) is 9.11. The van der Waals surface area contributed by atoms with Crippen LogP contribution >= 0.6 is 0 Å². The number of hydrogen-bond acceptors (Lipinski definition) is 3. The highest BCUT2D eigenvalue weighted by molar-refractivity contribution is 5.68. The number of ether oxygens (including phenoxy) is 1. The Bertz CT molecular complexity index is 1040. The lowest BCUT2D eigenvalue weighted by Crippen LogP contribution is -2.52. The minimum atomic E-state index is -0.287. The van der Waals surface area contributed by atoms with Gasteiger partial charge in [0, 0.05) is 36.4 Å². The fourth-order valence-electron chi connectivity index (χ4n) is 4.51. The van der Waals surface area contributed by atoms with E-state index in [4.69, 9.17) is 4.74 Å². The van der Waals surface area contributed by atoms with Crippen LogP contribution in [-0.2, 0) is 16.9 Å². The highest BCUT2D eigenvalue weighted by Gasteiger charge is 2.40. The molecule has 1 aliphatic heterocycles. The number of allylic oxidation sites excluding steroid dienone is 5. The van der Waals surface area contributed by atoms with Crippen molar-refractivity contribution < 1.29 is 9.53 Å². The van der Waals surface area contributed by atoms with Gasteiger partial charge in [-0.2, -0.15) is 0 Å². The van der Waals surface area contributed by atoms with Gasteiger partial charge >= 0.3 is 6.09 Å². The second-order valence-corrected chi connectivity index (χ2v) is 9.11. The number of aryl methyl sites for hydroxylation is 1. The Labute approximate surface area is 198 Å². The number of likely N-dealkylation sites (tertiary alicyclic amines) is 1. The molecule has 176 valence electrons. The van der Waals surface area contributed by atoms with Gasteiger partial charge in [0.15, 0.2) is 0 Å². The molecule has 1 fully saturated rings. The van der Waals surface area contributed by atoms with Crippen molar-refractivity contribution in [2.75, 3.05) is 13.1 Å². The van der Waals surface area contributed by atoms with Gasteiger partial charge in [0.05, 0.1) is 5.54 Å². The van der Waals surface area contributed by atoms with Crippen molar-refractivity contribution in [3.05, 3.63) is 89.4 Å². The maximum absolute atomic E-state index is 12.8. The number of hydrogen-bond donors (Lipinski definition) is 1. The van der Waals surface area contributed by atoms with Crippen LogP contribution < -0.4 is 5.32 Å². The molecule has 0 radical (unpaired) electrons. The first-order chi connectivity index (χ1) is 15.7. The number of aromatic nitrogens is 1. The third-order valence-corrected chi connectivity index (χ3v) is 6.22. The van der Waals surface area contributed by atoms with E-state index >= 15 is 0 Å². The predicted molar refractivity (Wildman–Crippen MR) is 136 cm³/mol. The van der Waals surface area contributed by atoms with Crippen molar-refractivity contribution in [2.45, 2.75) is 59.6 Å². The Morgan fingerprint density at radius 3 is 2.45 bits per heavy atom. The molecule has 33 heavy (non-hydrogen) atoms. The van der Waals surface area contributed by atoms with Crippen LogP contribution in [0.2, 0.25) is 0 Å². The van der Waals surface area contributed by atoms with E-state index in [9.17, 15) is 4.79 Å². The van der Waals surface area contributed by atoms with E-state index in [1.54, 1.807) is 0 Å². The van der Waals surface area contributed by atoms with E-state index in [0.717, 1.165) is 29.7 Å². The Kier molecular flexibility index (Phi) is 7.85. The monoisotopic (exact) mass is 447 g/mol. The Morgan fingerprint density at radius 1 is 1.18 bits per heavy atom. The molecule has 0 aliphatic carbocycles. The zero-order valence-corrected chi connectivity index (χ0v) is 20.6. The SMILES string of the molecule is C=C(C)/C=C(\C)NC1(c2cc(C)cn2/C(C)=C/C)CCN(C(=O)OCc2ccccc2)CC1. The lowest BCUT2D eigenvalue weighted by Gasteiger charge is -2.43. The minimum absolute atomic E-state index is 0.252. The molecule has 1 amide bonds. The van der Waals surface area contributed by atoms with E-state index in [2.05, 4.69) is 68.6 Å². The van der Waals surface area contributed by atoms with Crippen molar-refractivity contribution >= 4 is 11.8 Å². The molecule has 1 aromatic heterocycles. The number of carbonyl (C=O) groups excluding carboxylic acids is 1. The number of benzene rings is 1. The van der Waals surface area contributed by atoms with Gasteiger partial charge in [-0.05, 0) is 70.7 Å². The molecule has 2 heterocycles. The average molecular weight is 448 g/mol. The molecule has 0 atom stereocenters. The molecule has 3 rings (SSSR count). The summed E-state index contributed by atoms with van der Waals surface area (Å²) in [6, 6.07) is 12.1. The average Bonchev–Trinajstić information content (AvgIpc) is 3.20. The summed E-state index contributed by atoms with van der Waals surface area (Å²) in [4.78, 5) is 14.6. The number of rotatable bonds is 7. The summed E-state index contributed by atoms with van der Waals surface area (Å²) < 4.78 is 7.87. The summed E-state index contributed by atoms with van der Waals surface area (Å²) in [5.74, 6) is 0. The molecule has 0 unspecified atom stereocenters. The van der Waals surface area contributed by atoms with Gasteiger partial charge in [0.1, 0.15) is 6.61 Å². The minimum Gasteiger partial charge on any atom is -0.445 e. The predicted octanol–water partition coefficient (Wildman–Crippen LogP) is 6.37. The van der Waals surface area contributed by atoms with Crippen molar-refractivity contribution in [1.29, 1.82) is 0 Å². The Morgan fingerprint density at radius 2 is 1.85 bits per heavy atom.